The summed E-state index contributed by atoms with van der Waals surface area (Å²) in [4.78, 5) is 0. The molecule has 1 saturated heterocycles. The molecule has 0 amide bonds. The van der Waals surface area contributed by atoms with E-state index in [9.17, 15) is 9.50 Å². The molecule has 13 heavy (non-hydrogen) atoms. The molecule has 5 nitrogen and oxygen atoms in total. The van der Waals surface area contributed by atoms with Crippen LogP contribution in [0.4, 0.5) is 4.39 Å². The van der Waals surface area contributed by atoms with Crippen LogP contribution in [0.3, 0.4) is 0 Å². The molecular formula is C7H13FO5. The van der Waals surface area contributed by atoms with Gasteiger partial charge in [-0.2, -0.15) is 0 Å². The first kappa shape index (κ1) is 10.8. The highest BCUT2D eigenvalue weighted by atomic mass is 19.1. The van der Waals surface area contributed by atoms with E-state index in [0.29, 0.717) is 0 Å². The lowest BCUT2D eigenvalue weighted by atomic mass is 10.0. The van der Waals surface area contributed by atoms with Crippen LogP contribution in [0.2, 0.25) is 0 Å². The quantitative estimate of drug-likeness (QED) is 0.496. The highest BCUT2D eigenvalue weighted by Crippen LogP contribution is 2.23. The molecular weight excluding hydrogens is 183 g/mol. The van der Waals surface area contributed by atoms with Gasteiger partial charge in [-0.25, -0.2) is 4.39 Å². The van der Waals surface area contributed by atoms with Crippen molar-refractivity contribution in [3.63, 3.8) is 0 Å². The molecule has 5 atom stereocenters. The van der Waals surface area contributed by atoms with Crippen molar-refractivity contribution >= 4 is 0 Å². The molecule has 0 aliphatic carbocycles. The van der Waals surface area contributed by atoms with Crippen molar-refractivity contribution in [3.8, 4) is 0 Å². The molecule has 1 fully saturated rings. The molecule has 0 spiro atoms. The summed E-state index contributed by atoms with van der Waals surface area (Å²) in [6.07, 6.45) is -7.06. The van der Waals surface area contributed by atoms with E-state index in [4.69, 9.17) is 14.9 Å². The van der Waals surface area contributed by atoms with Gasteiger partial charge in [-0.3, -0.25) is 0 Å². The van der Waals surface area contributed by atoms with E-state index >= 15 is 0 Å². The van der Waals surface area contributed by atoms with Gasteiger partial charge in [0.15, 0.2) is 12.5 Å². The van der Waals surface area contributed by atoms with Gasteiger partial charge < -0.3 is 24.8 Å². The fourth-order valence-electron chi connectivity index (χ4n) is 1.23. The highest BCUT2D eigenvalue weighted by molar-refractivity contribution is 4.88. The van der Waals surface area contributed by atoms with Crippen molar-refractivity contribution in [2.45, 2.75) is 30.8 Å². The summed E-state index contributed by atoms with van der Waals surface area (Å²) in [6.45, 7) is -0.495. The van der Waals surface area contributed by atoms with Gasteiger partial charge in [0, 0.05) is 7.11 Å². The van der Waals surface area contributed by atoms with E-state index in [1.54, 1.807) is 0 Å². The van der Waals surface area contributed by atoms with Crippen LogP contribution in [0.15, 0.2) is 0 Å². The van der Waals surface area contributed by atoms with Crippen molar-refractivity contribution < 1.29 is 29.2 Å². The Labute approximate surface area is 74.7 Å². The highest BCUT2D eigenvalue weighted by Gasteiger charge is 2.44. The van der Waals surface area contributed by atoms with Crippen molar-refractivity contribution in [2.75, 3.05) is 13.7 Å². The second kappa shape index (κ2) is 4.30. The zero-order valence-electron chi connectivity index (χ0n) is 7.13. The maximum Gasteiger partial charge on any atom is 0.191 e. The standard InChI is InChI=1S/C7H13FO5/c1-12-7-4(8)6(11)5(10)3(2-9)13-7/h3-7,9-11H,2H2,1H3/t3-,4-,5-,6-,7-/m1/s1. The van der Waals surface area contributed by atoms with Crippen LogP contribution in [-0.2, 0) is 9.47 Å². The van der Waals surface area contributed by atoms with Crippen LogP contribution in [0.1, 0.15) is 0 Å². The van der Waals surface area contributed by atoms with Crippen molar-refractivity contribution in [1.29, 1.82) is 0 Å². The minimum absolute atomic E-state index is 0.495. The second-order valence-electron chi connectivity index (χ2n) is 2.89. The maximum atomic E-state index is 13.1. The van der Waals surface area contributed by atoms with Gasteiger partial charge in [-0.1, -0.05) is 0 Å². The molecule has 6 heteroatoms. The molecule has 1 rings (SSSR count). The average Bonchev–Trinajstić information content (AvgIpc) is 2.15. The Kier molecular flexibility index (Phi) is 3.57. The summed E-state index contributed by atoms with van der Waals surface area (Å²) in [6, 6.07) is 0. The number of hydrogen-bond acceptors (Lipinski definition) is 5. The monoisotopic (exact) mass is 196 g/mol. The number of halogens is 1. The van der Waals surface area contributed by atoms with Crippen LogP contribution >= 0.6 is 0 Å². The normalized spacial score (nSPS) is 46.4. The summed E-state index contributed by atoms with van der Waals surface area (Å²) < 4.78 is 22.5. The van der Waals surface area contributed by atoms with Crippen LogP contribution in [-0.4, -0.2) is 59.8 Å². The first-order valence-electron chi connectivity index (χ1n) is 3.91. The number of hydrogen-bond donors (Lipinski definition) is 3. The summed E-state index contributed by atoms with van der Waals surface area (Å²) >= 11 is 0. The molecule has 0 aromatic rings. The van der Waals surface area contributed by atoms with E-state index in [-0.39, 0.29) is 0 Å². The Bertz CT molecular complexity index is 147. The summed E-state index contributed by atoms with van der Waals surface area (Å²) in [5.74, 6) is 0. The van der Waals surface area contributed by atoms with Crippen LogP contribution in [0.25, 0.3) is 0 Å². The molecule has 0 unspecified atom stereocenters. The van der Waals surface area contributed by atoms with E-state index in [1.165, 1.54) is 7.11 Å². The van der Waals surface area contributed by atoms with Gasteiger partial charge in [-0.05, 0) is 0 Å². The Hall–Kier alpha value is -0.270. The zero-order chi connectivity index (χ0) is 10.0. The van der Waals surface area contributed by atoms with Crippen LogP contribution in [0.5, 0.6) is 0 Å². The van der Waals surface area contributed by atoms with Gasteiger partial charge >= 0.3 is 0 Å². The predicted octanol–water partition coefficient (Wildman–Crippen LogP) is -1.59. The molecule has 0 bridgehead atoms. The summed E-state index contributed by atoms with van der Waals surface area (Å²) in [7, 11) is 1.22. The molecule has 1 aliphatic rings. The lowest BCUT2D eigenvalue weighted by molar-refractivity contribution is -0.279. The number of ether oxygens (including phenoxy) is 2. The first-order valence-corrected chi connectivity index (χ1v) is 3.91. The number of rotatable bonds is 2. The SMILES string of the molecule is CO[C@@H]1O[C@H](CO)[C@@H](O)[C@H](O)[C@H]1F. The molecule has 0 radical (unpaired) electrons. The molecule has 0 aromatic heterocycles. The average molecular weight is 196 g/mol. The Morgan fingerprint density at radius 1 is 1.38 bits per heavy atom. The molecule has 1 heterocycles. The van der Waals surface area contributed by atoms with Crippen molar-refractivity contribution in [1.82, 2.24) is 0 Å². The van der Waals surface area contributed by atoms with Gasteiger partial charge in [-0.15, -0.1) is 0 Å². The van der Waals surface area contributed by atoms with Gasteiger partial charge in [0.1, 0.15) is 18.3 Å². The molecule has 78 valence electrons. The third kappa shape index (κ3) is 1.97. The van der Waals surface area contributed by atoms with E-state index in [1.807, 2.05) is 0 Å². The largest absolute Gasteiger partial charge is 0.394 e. The Balaban J connectivity index is 2.66. The predicted molar refractivity (Wildman–Crippen MR) is 39.7 cm³/mol. The van der Waals surface area contributed by atoms with E-state index in [0.717, 1.165) is 0 Å². The minimum atomic E-state index is -1.80. The van der Waals surface area contributed by atoms with Crippen LogP contribution in [0, 0.1) is 0 Å². The van der Waals surface area contributed by atoms with Crippen molar-refractivity contribution in [2.24, 2.45) is 0 Å². The fourth-order valence-corrected chi connectivity index (χ4v) is 1.23. The molecule has 1 aliphatic heterocycles. The van der Waals surface area contributed by atoms with Crippen molar-refractivity contribution in [3.05, 3.63) is 0 Å². The van der Waals surface area contributed by atoms with Gasteiger partial charge in [0.25, 0.3) is 0 Å². The summed E-state index contributed by atoms with van der Waals surface area (Å²) in [5, 5.41) is 27.0. The Morgan fingerprint density at radius 3 is 2.46 bits per heavy atom. The number of aliphatic hydroxyl groups excluding tert-OH is 3. The Morgan fingerprint density at radius 2 is 2.00 bits per heavy atom. The lowest BCUT2D eigenvalue weighted by Crippen LogP contribution is -2.57. The van der Waals surface area contributed by atoms with E-state index in [2.05, 4.69) is 4.74 Å². The summed E-state index contributed by atoms with van der Waals surface area (Å²) in [5.41, 5.74) is 0. The molecule has 3 N–H and O–H groups in total. The maximum absolute atomic E-state index is 13.1. The molecule has 0 saturated carbocycles. The van der Waals surface area contributed by atoms with Gasteiger partial charge in [0.05, 0.1) is 6.61 Å². The lowest BCUT2D eigenvalue weighted by Gasteiger charge is -2.37. The topological polar surface area (TPSA) is 79.2 Å². The smallest absolute Gasteiger partial charge is 0.191 e. The minimum Gasteiger partial charge on any atom is -0.394 e. The van der Waals surface area contributed by atoms with E-state index < -0.39 is 37.4 Å². The third-order valence-corrected chi connectivity index (χ3v) is 2.04. The second-order valence-corrected chi connectivity index (χ2v) is 2.89. The number of aliphatic hydroxyl groups is 3. The first-order chi connectivity index (χ1) is 6.11. The third-order valence-electron chi connectivity index (χ3n) is 2.04. The molecule has 0 aromatic carbocycles. The number of methoxy groups -OCH3 is 1. The number of alkyl halides is 1. The zero-order valence-corrected chi connectivity index (χ0v) is 7.13. The van der Waals surface area contributed by atoms with Gasteiger partial charge in [0.2, 0.25) is 0 Å². The van der Waals surface area contributed by atoms with Crippen LogP contribution < -0.4 is 0 Å². The fraction of sp³-hybridized carbons (Fsp3) is 1.00.